The molecule has 2 aliphatic heterocycles. The molecule has 3 aromatic carbocycles. The van der Waals surface area contributed by atoms with Crippen LogP contribution in [0.25, 0.3) is 0 Å². The number of halogens is 1. The summed E-state index contributed by atoms with van der Waals surface area (Å²) in [6, 6.07) is 13.1. The van der Waals surface area contributed by atoms with Crippen molar-refractivity contribution >= 4 is 17.6 Å². The van der Waals surface area contributed by atoms with Gasteiger partial charge in [-0.15, -0.1) is 0 Å². The second-order valence-electron chi connectivity index (χ2n) is 10.8. The Bertz CT molecular complexity index is 1470. The molecule has 2 aliphatic rings. The molecule has 8 nitrogen and oxygen atoms in total. The van der Waals surface area contributed by atoms with Crippen molar-refractivity contribution in [1.29, 1.82) is 0 Å². The van der Waals surface area contributed by atoms with E-state index >= 15 is 4.39 Å². The predicted octanol–water partition coefficient (Wildman–Crippen LogP) is 5.87. The molecule has 42 heavy (non-hydrogen) atoms. The van der Waals surface area contributed by atoms with E-state index in [-0.39, 0.29) is 31.4 Å². The second-order valence-corrected chi connectivity index (χ2v) is 10.8. The lowest BCUT2D eigenvalue weighted by Gasteiger charge is -2.27. The zero-order chi connectivity index (χ0) is 30.0. The van der Waals surface area contributed by atoms with Gasteiger partial charge in [-0.05, 0) is 61.6 Å². The van der Waals surface area contributed by atoms with Crippen LogP contribution in [0.1, 0.15) is 60.5 Å². The van der Waals surface area contributed by atoms with Crippen molar-refractivity contribution in [3.8, 4) is 17.2 Å². The Morgan fingerprint density at radius 1 is 1.02 bits per heavy atom. The number of ether oxygens (including phenoxy) is 3. The smallest absolute Gasteiger partial charge is 0.309 e. The molecule has 9 heteroatoms. The maximum Gasteiger partial charge on any atom is 0.309 e. The molecular weight excluding hydrogens is 539 g/mol. The first-order valence-corrected chi connectivity index (χ1v) is 14.4. The highest BCUT2D eigenvalue weighted by molar-refractivity contribution is 5.94. The van der Waals surface area contributed by atoms with E-state index in [0.717, 1.165) is 40.8 Å². The first-order valence-electron chi connectivity index (χ1n) is 14.4. The summed E-state index contributed by atoms with van der Waals surface area (Å²) in [7, 11) is 0. The SMILES string of the molecule is CCOc1ccc([C@H]2[C@H](C(=O)O)[C@@H](c3ccc4c(c3)OCO4)CN2CC(=O)Nc2c(CC)cc(C)cc2CC)c(F)c1. The summed E-state index contributed by atoms with van der Waals surface area (Å²) >= 11 is 0. The predicted molar refractivity (Wildman–Crippen MR) is 157 cm³/mol. The standard InChI is InChI=1S/C33H37FN2O6/c1-5-20-12-19(4)13-21(6-2)31(20)35-29(37)17-36-16-25(22-8-11-27-28(14-22)42-18-41-27)30(33(38)39)32(36)24-10-9-23(40-7-3)15-26(24)34/h8-15,25,30,32H,5-7,16-18H2,1-4H3,(H,35,37)(H,38,39)/t25-,30-,32+/m1/s1. The first kappa shape index (κ1) is 29.4. The molecule has 3 atom stereocenters. The molecule has 2 heterocycles. The number of benzene rings is 3. The Morgan fingerprint density at radius 2 is 1.74 bits per heavy atom. The van der Waals surface area contributed by atoms with Crippen molar-refractivity contribution in [2.75, 3.05) is 31.8 Å². The van der Waals surface area contributed by atoms with Crippen molar-refractivity contribution in [2.45, 2.75) is 52.5 Å². The lowest BCUT2D eigenvalue weighted by atomic mass is 9.82. The van der Waals surface area contributed by atoms with Gasteiger partial charge < -0.3 is 24.6 Å². The van der Waals surface area contributed by atoms with Gasteiger partial charge in [-0.25, -0.2) is 4.39 Å². The third-order valence-electron chi connectivity index (χ3n) is 8.13. The molecule has 0 spiro atoms. The molecule has 0 radical (unpaired) electrons. The third kappa shape index (κ3) is 5.79. The number of amides is 1. The highest BCUT2D eigenvalue weighted by Crippen LogP contribution is 2.48. The van der Waals surface area contributed by atoms with Gasteiger partial charge in [0.1, 0.15) is 11.6 Å². The second kappa shape index (κ2) is 12.4. The highest BCUT2D eigenvalue weighted by atomic mass is 19.1. The van der Waals surface area contributed by atoms with Gasteiger partial charge >= 0.3 is 5.97 Å². The number of carboxylic acid groups (broad SMARTS) is 1. The molecule has 3 aromatic rings. The van der Waals surface area contributed by atoms with Gasteiger partial charge in [-0.1, -0.05) is 43.7 Å². The molecule has 1 fully saturated rings. The number of carbonyl (C=O) groups excluding carboxylic acids is 1. The summed E-state index contributed by atoms with van der Waals surface area (Å²) in [6.45, 7) is 8.52. The van der Waals surface area contributed by atoms with Crippen molar-refractivity contribution < 1.29 is 33.3 Å². The van der Waals surface area contributed by atoms with E-state index in [9.17, 15) is 14.7 Å². The maximum absolute atomic E-state index is 15.6. The summed E-state index contributed by atoms with van der Waals surface area (Å²) in [5.41, 5.74) is 4.94. The zero-order valence-corrected chi connectivity index (χ0v) is 24.4. The lowest BCUT2D eigenvalue weighted by Crippen LogP contribution is -2.36. The van der Waals surface area contributed by atoms with E-state index in [1.807, 2.05) is 33.8 Å². The fourth-order valence-electron chi connectivity index (χ4n) is 6.27. The molecular formula is C33H37FN2O6. The number of aryl methyl sites for hydroxylation is 3. The third-order valence-corrected chi connectivity index (χ3v) is 8.13. The van der Waals surface area contributed by atoms with E-state index < -0.39 is 29.7 Å². The Morgan fingerprint density at radius 3 is 2.38 bits per heavy atom. The topological polar surface area (TPSA) is 97.3 Å². The molecule has 2 N–H and O–H groups in total. The molecule has 0 unspecified atom stereocenters. The number of hydrogen-bond donors (Lipinski definition) is 2. The summed E-state index contributed by atoms with van der Waals surface area (Å²) < 4.78 is 32.1. The van der Waals surface area contributed by atoms with Gasteiger partial charge in [0.15, 0.2) is 11.5 Å². The van der Waals surface area contributed by atoms with Crippen molar-refractivity contribution in [1.82, 2.24) is 4.90 Å². The first-order chi connectivity index (χ1) is 20.2. The van der Waals surface area contributed by atoms with E-state index in [4.69, 9.17) is 14.2 Å². The summed E-state index contributed by atoms with van der Waals surface area (Å²) in [5.74, 6) is -2.00. The molecule has 0 bridgehead atoms. The Labute approximate surface area is 245 Å². The van der Waals surface area contributed by atoms with E-state index in [1.54, 1.807) is 29.2 Å². The van der Waals surface area contributed by atoms with Crippen LogP contribution in [0, 0.1) is 18.7 Å². The van der Waals surface area contributed by atoms with Crippen molar-refractivity contribution in [3.05, 3.63) is 82.2 Å². The number of carboxylic acids is 1. The quantitative estimate of drug-likeness (QED) is 0.312. The maximum atomic E-state index is 15.6. The van der Waals surface area contributed by atoms with E-state index in [1.165, 1.54) is 6.07 Å². The van der Waals surface area contributed by atoms with Crippen molar-refractivity contribution in [2.24, 2.45) is 5.92 Å². The number of fused-ring (bicyclic) bond motifs is 1. The fraction of sp³-hybridized carbons (Fsp3) is 0.394. The van der Waals surface area contributed by atoms with Crippen LogP contribution >= 0.6 is 0 Å². The number of anilines is 1. The number of nitrogens with zero attached hydrogens (tertiary/aromatic N) is 1. The average Bonchev–Trinajstić information content (AvgIpc) is 3.58. The van der Waals surface area contributed by atoms with Gasteiger partial charge in [0.05, 0.1) is 25.1 Å². The van der Waals surface area contributed by atoms with Gasteiger partial charge in [-0.3, -0.25) is 14.5 Å². The monoisotopic (exact) mass is 576 g/mol. The zero-order valence-electron chi connectivity index (χ0n) is 24.4. The Balaban J connectivity index is 1.52. The number of likely N-dealkylation sites (tertiary alicyclic amines) is 1. The molecule has 222 valence electrons. The largest absolute Gasteiger partial charge is 0.494 e. The molecule has 1 saturated heterocycles. The van der Waals surface area contributed by atoms with Crippen molar-refractivity contribution in [3.63, 3.8) is 0 Å². The van der Waals surface area contributed by atoms with Crippen LogP contribution in [0.4, 0.5) is 10.1 Å². The summed E-state index contributed by atoms with van der Waals surface area (Å²) in [5, 5.41) is 13.6. The normalized spacial score (nSPS) is 19.6. The number of nitrogens with one attached hydrogen (secondary N) is 1. The van der Waals surface area contributed by atoms with Gasteiger partial charge in [0.2, 0.25) is 12.7 Å². The minimum Gasteiger partial charge on any atom is -0.494 e. The van der Waals surface area contributed by atoms with Crippen LogP contribution in [0.2, 0.25) is 0 Å². The number of carbonyl (C=O) groups is 2. The molecule has 1 amide bonds. The van der Waals surface area contributed by atoms with Crippen LogP contribution in [-0.4, -0.2) is 48.4 Å². The number of rotatable bonds is 10. The fourth-order valence-corrected chi connectivity index (χ4v) is 6.27. The number of hydrogen-bond acceptors (Lipinski definition) is 6. The van der Waals surface area contributed by atoms with Gasteiger partial charge in [0, 0.05) is 29.8 Å². The highest BCUT2D eigenvalue weighted by Gasteiger charge is 2.49. The molecule has 0 aromatic heterocycles. The summed E-state index contributed by atoms with van der Waals surface area (Å²) in [6.07, 6.45) is 1.50. The minimum absolute atomic E-state index is 0.0939. The van der Waals surface area contributed by atoms with Crippen LogP contribution in [0.15, 0.2) is 48.5 Å². The van der Waals surface area contributed by atoms with Crippen LogP contribution < -0.4 is 19.5 Å². The average molecular weight is 577 g/mol. The Kier molecular flexibility index (Phi) is 8.68. The summed E-state index contributed by atoms with van der Waals surface area (Å²) in [4.78, 5) is 28.3. The molecule has 0 aliphatic carbocycles. The van der Waals surface area contributed by atoms with Gasteiger partial charge in [0.25, 0.3) is 0 Å². The van der Waals surface area contributed by atoms with Crippen LogP contribution in [-0.2, 0) is 22.4 Å². The lowest BCUT2D eigenvalue weighted by molar-refractivity contribution is -0.143. The molecule has 0 saturated carbocycles. The van der Waals surface area contributed by atoms with Crippen LogP contribution in [0.5, 0.6) is 17.2 Å². The van der Waals surface area contributed by atoms with E-state index in [2.05, 4.69) is 17.4 Å². The molecule has 5 rings (SSSR count). The van der Waals surface area contributed by atoms with Crippen LogP contribution in [0.3, 0.4) is 0 Å². The van der Waals surface area contributed by atoms with Gasteiger partial charge in [-0.2, -0.15) is 0 Å². The Hall–Kier alpha value is -4.11. The minimum atomic E-state index is -1.07. The number of aliphatic carboxylic acids is 1. The van der Waals surface area contributed by atoms with E-state index in [0.29, 0.717) is 23.9 Å².